The lowest BCUT2D eigenvalue weighted by molar-refractivity contribution is 0.210. The molecular formula is C28H24N6O4S. The Balaban J connectivity index is 1.23. The predicted molar refractivity (Wildman–Crippen MR) is 145 cm³/mol. The van der Waals surface area contributed by atoms with Crippen molar-refractivity contribution in [3.8, 4) is 22.9 Å². The van der Waals surface area contributed by atoms with E-state index >= 15 is 0 Å². The first-order chi connectivity index (χ1) is 18.8. The molecule has 0 aliphatic heterocycles. The van der Waals surface area contributed by atoms with Gasteiger partial charge in [-0.15, -0.1) is 10.2 Å². The molecule has 0 fully saturated rings. The first kappa shape index (κ1) is 24.6. The van der Waals surface area contributed by atoms with Gasteiger partial charge in [0, 0.05) is 36.0 Å². The highest BCUT2D eigenvalue weighted by atomic mass is 32.2. The second-order valence-corrected chi connectivity index (χ2v) is 11.0. The van der Waals surface area contributed by atoms with Gasteiger partial charge in [0.1, 0.15) is 17.6 Å². The average Bonchev–Trinajstić information content (AvgIpc) is 3.68. The van der Waals surface area contributed by atoms with E-state index in [0.717, 1.165) is 16.5 Å². The SMILES string of the molecule is Cc1ccc(S(=O)(=O)n2ccc3cc(Oc4cccc(-c5nnc(C(O)c6cnn(C)c6)[nH]5)c4)ccc32)cc1. The van der Waals surface area contributed by atoms with E-state index in [9.17, 15) is 13.5 Å². The fourth-order valence-electron chi connectivity index (χ4n) is 4.30. The Labute approximate surface area is 224 Å². The Morgan fingerprint density at radius 2 is 1.77 bits per heavy atom. The number of aliphatic hydroxyl groups excluding tert-OH is 1. The van der Waals surface area contributed by atoms with Crippen LogP contribution in [0.5, 0.6) is 11.5 Å². The van der Waals surface area contributed by atoms with Gasteiger partial charge in [0.2, 0.25) is 0 Å². The Hall–Kier alpha value is -4.74. The van der Waals surface area contributed by atoms with Crippen LogP contribution in [-0.4, -0.2) is 42.5 Å². The first-order valence-corrected chi connectivity index (χ1v) is 13.5. The number of benzene rings is 3. The van der Waals surface area contributed by atoms with Crippen molar-refractivity contribution < 1.29 is 18.3 Å². The van der Waals surface area contributed by atoms with E-state index in [1.807, 2.05) is 25.1 Å². The van der Waals surface area contributed by atoms with E-state index < -0.39 is 16.1 Å². The standard InChI is InChI=1S/C28H24N6O4S/c1-18-6-9-24(10-7-18)39(36,37)34-13-12-19-14-23(8-11-25(19)34)38-22-5-3-4-20(15-22)27-30-28(32-31-27)26(35)21-16-29-33(2)17-21/h3-17,26,35H,1-2H3,(H,30,31,32). The third-order valence-electron chi connectivity index (χ3n) is 6.35. The topological polar surface area (TPSA) is 128 Å². The Kier molecular flexibility index (Phi) is 6.01. The molecule has 1 atom stereocenters. The van der Waals surface area contributed by atoms with Crippen LogP contribution in [0.3, 0.4) is 0 Å². The number of ether oxygens (including phenoxy) is 1. The fourth-order valence-corrected chi connectivity index (χ4v) is 5.66. The number of aryl methyl sites for hydroxylation is 2. The van der Waals surface area contributed by atoms with E-state index in [1.54, 1.807) is 84.9 Å². The van der Waals surface area contributed by atoms with Crippen molar-refractivity contribution in [2.24, 2.45) is 7.05 Å². The maximum Gasteiger partial charge on any atom is 0.268 e. The minimum Gasteiger partial charge on any atom is -0.457 e. The molecule has 0 aliphatic rings. The number of nitrogens with one attached hydrogen (secondary N) is 1. The van der Waals surface area contributed by atoms with E-state index in [4.69, 9.17) is 4.74 Å². The molecule has 0 aliphatic carbocycles. The number of rotatable bonds is 7. The van der Waals surface area contributed by atoms with Crippen LogP contribution in [0.4, 0.5) is 0 Å². The molecule has 6 aromatic rings. The van der Waals surface area contributed by atoms with Crippen molar-refractivity contribution in [1.82, 2.24) is 28.9 Å². The minimum absolute atomic E-state index is 0.228. The highest BCUT2D eigenvalue weighted by Gasteiger charge is 2.20. The molecule has 3 aromatic heterocycles. The predicted octanol–water partition coefficient (Wildman–Crippen LogP) is 4.58. The van der Waals surface area contributed by atoms with Crippen LogP contribution in [0, 0.1) is 6.92 Å². The molecule has 3 heterocycles. The number of hydrogen-bond donors (Lipinski definition) is 2. The van der Waals surface area contributed by atoms with Gasteiger partial charge in [-0.05, 0) is 55.5 Å². The van der Waals surface area contributed by atoms with Crippen molar-refractivity contribution in [3.63, 3.8) is 0 Å². The fraction of sp³-hybridized carbons (Fsp3) is 0.107. The molecule has 0 radical (unpaired) electrons. The number of hydrogen-bond acceptors (Lipinski definition) is 7. The van der Waals surface area contributed by atoms with Crippen LogP contribution in [0.1, 0.15) is 23.1 Å². The molecule has 3 aromatic carbocycles. The maximum atomic E-state index is 13.2. The quantitative estimate of drug-likeness (QED) is 0.303. The number of nitrogens with zero attached hydrogens (tertiary/aromatic N) is 5. The van der Waals surface area contributed by atoms with Gasteiger partial charge >= 0.3 is 0 Å². The summed E-state index contributed by atoms with van der Waals surface area (Å²) in [7, 11) is -1.96. The van der Waals surface area contributed by atoms with Gasteiger partial charge in [-0.3, -0.25) is 4.68 Å². The summed E-state index contributed by atoms with van der Waals surface area (Å²) in [5, 5.41) is 23.6. The van der Waals surface area contributed by atoms with Crippen molar-refractivity contribution >= 4 is 20.9 Å². The molecule has 39 heavy (non-hydrogen) atoms. The largest absolute Gasteiger partial charge is 0.457 e. The van der Waals surface area contributed by atoms with E-state index in [1.165, 1.54) is 3.97 Å². The molecule has 2 N–H and O–H groups in total. The number of fused-ring (bicyclic) bond motifs is 1. The second-order valence-electron chi connectivity index (χ2n) is 9.19. The number of aromatic nitrogens is 6. The molecule has 6 rings (SSSR count). The van der Waals surface area contributed by atoms with Gasteiger partial charge in [0.05, 0.1) is 16.6 Å². The highest BCUT2D eigenvalue weighted by Crippen LogP contribution is 2.30. The monoisotopic (exact) mass is 540 g/mol. The lowest BCUT2D eigenvalue weighted by Crippen LogP contribution is -2.11. The Morgan fingerprint density at radius 3 is 2.54 bits per heavy atom. The summed E-state index contributed by atoms with van der Waals surface area (Å²) >= 11 is 0. The zero-order valence-corrected chi connectivity index (χ0v) is 21.9. The number of aliphatic hydroxyl groups is 1. The highest BCUT2D eigenvalue weighted by molar-refractivity contribution is 7.90. The van der Waals surface area contributed by atoms with Crippen molar-refractivity contribution in [1.29, 1.82) is 0 Å². The van der Waals surface area contributed by atoms with E-state index in [0.29, 0.717) is 34.2 Å². The molecular weight excluding hydrogens is 516 g/mol. The average molecular weight is 541 g/mol. The van der Waals surface area contributed by atoms with Crippen LogP contribution in [-0.2, 0) is 17.1 Å². The second kappa shape index (κ2) is 9.53. The van der Waals surface area contributed by atoms with Gasteiger partial charge < -0.3 is 14.8 Å². The van der Waals surface area contributed by atoms with Gasteiger partial charge in [-0.25, -0.2) is 12.4 Å². The van der Waals surface area contributed by atoms with Crippen molar-refractivity contribution in [2.75, 3.05) is 0 Å². The zero-order chi connectivity index (χ0) is 27.1. The van der Waals surface area contributed by atoms with Crippen LogP contribution in [0.15, 0.2) is 96.3 Å². The van der Waals surface area contributed by atoms with Crippen LogP contribution in [0.25, 0.3) is 22.3 Å². The first-order valence-electron chi connectivity index (χ1n) is 12.1. The maximum absolute atomic E-state index is 13.2. The number of aromatic amines is 1. The molecule has 196 valence electrons. The van der Waals surface area contributed by atoms with Crippen LogP contribution in [0.2, 0.25) is 0 Å². The van der Waals surface area contributed by atoms with E-state index in [-0.39, 0.29) is 4.90 Å². The summed E-state index contributed by atoms with van der Waals surface area (Å²) in [5.41, 5.74) is 2.87. The molecule has 0 saturated carbocycles. The Morgan fingerprint density at radius 1 is 0.974 bits per heavy atom. The smallest absolute Gasteiger partial charge is 0.268 e. The Bertz CT molecular complexity index is 1900. The summed E-state index contributed by atoms with van der Waals surface area (Å²) in [6.45, 7) is 1.91. The zero-order valence-electron chi connectivity index (χ0n) is 21.1. The van der Waals surface area contributed by atoms with Crippen molar-refractivity contribution in [3.05, 3.63) is 108 Å². The van der Waals surface area contributed by atoms with Crippen molar-refractivity contribution in [2.45, 2.75) is 17.9 Å². The molecule has 0 spiro atoms. The van der Waals surface area contributed by atoms with Crippen LogP contribution < -0.4 is 4.74 Å². The summed E-state index contributed by atoms with van der Waals surface area (Å²) < 4.78 is 35.3. The molecule has 11 heteroatoms. The third-order valence-corrected chi connectivity index (χ3v) is 8.05. The third kappa shape index (κ3) is 4.69. The minimum atomic E-state index is -3.73. The normalized spacial score (nSPS) is 12.6. The molecule has 0 amide bonds. The van der Waals surface area contributed by atoms with Gasteiger partial charge in [0.15, 0.2) is 11.6 Å². The number of H-pyrrole nitrogens is 1. The lowest BCUT2D eigenvalue weighted by atomic mass is 10.2. The summed E-state index contributed by atoms with van der Waals surface area (Å²) in [5.74, 6) is 1.90. The summed E-state index contributed by atoms with van der Waals surface area (Å²) in [6.07, 6.45) is 3.86. The van der Waals surface area contributed by atoms with Gasteiger partial charge in [0.25, 0.3) is 10.0 Å². The molecule has 1 unspecified atom stereocenters. The summed E-state index contributed by atoms with van der Waals surface area (Å²) in [4.78, 5) is 3.29. The van der Waals surface area contributed by atoms with E-state index in [2.05, 4.69) is 20.3 Å². The lowest BCUT2D eigenvalue weighted by Gasteiger charge is -2.10. The summed E-state index contributed by atoms with van der Waals surface area (Å²) in [6, 6.07) is 21.1. The molecule has 10 nitrogen and oxygen atoms in total. The van der Waals surface area contributed by atoms with Crippen LogP contribution >= 0.6 is 0 Å². The van der Waals surface area contributed by atoms with Gasteiger partial charge in [-0.2, -0.15) is 5.10 Å². The molecule has 0 saturated heterocycles. The van der Waals surface area contributed by atoms with Gasteiger partial charge in [-0.1, -0.05) is 29.8 Å². The molecule has 0 bridgehead atoms.